The molecule has 3 heterocycles. The number of hydrogen-bond donors (Lipinski definition) is 0. The Hall–Kier alpha value is -6.43. The Kier molecular flexibility index (Phi) is 7.85. The van der Waals surface area contributed by atoms with E-state index in [4.69, 9.17) is 19.9 Å². The third-order valence-electron chi connectivity index (χ3n) is 10.1. The van der Waals surface area contributed by atoms with Crippen molar-refractivity contribution < 1.29 is 0 Å². The monoisotopic (exact) mass is 696 g/mol. The van der Waals surface area contributed by atoms with Crippen molar-refractivity contribution in [1.29, 1.82) is 0 Å². The first kappa shape index (κ1) is 31.3. The van der Waals surface area contributed by atoms with Crippen molar-refractivity contribution in [1.82, 2.24) is 19.9 Å². The van der Waals surface area contributed by atoms with E-state index in [1.54, 1.807) is 11.8 Å². The maximum Gasteiger partial charge on any atom is 0.164 e. The first-order chi connectivity index (χ1) is 26.2. The fourth-order valence-electron chi connectivity index (χ4n) is 7.43. The van der Waals surface area contributed by atoms with Crippen LogP contribution in [0.5, 0.6) is 0 Å². The Morgan fingerprint density at radius 2 is 1.17 bits per heavy atom. The largest absolute Gasteiger partial charge is 0.249 e. The van der Waals surface area contributed by atoms with Crippen molar-refractivity contribution in [3.8, 4) is 67.3 Å². The minimum Gasteiger partial charge on any atom is -0.249 e. The average Bonchev–Trinajstić information content (AvgIpc) is 3.24. The molecule has 53 heavy (non-hydrogen) atoms. The third kappa shape index (κ3) is 5.85. The quantitative estimate of drug-likeness (QED) is 0.173. The molecule has 4 nitrogen and oxygen atoms in total. The van der Waals surface area contributed by atoms with Gasteiger partial charge in [-0.25, -0.2) is 19.9 Å². The molecule has 10 rings (SSSR count). The van der Waals surface area contributed by atoms with E-state index in [1.807, 2.05) is 30.5 Å². The minimum atomic E-state index is 0.677. The summed E-state index contributed by atoms with van der Waals surface area (Å²) in [5.74, 6) is 2.10. The molecule has 0 fully saturated rings. The van der Waals surface area contributed by atoms with E-state index in [2.05, 4.69) is 140 Å². The number of pyridine rings is 1. The molecule has 2 aromatic heterocycles. The van der Waals surface area contributed by atoms with Crippen LogP contribution in [0.4, 0.5) is 0 Å². The summed E-state index contributed by atoms with van der Waals surface area (Å²) in [5.41, 5.74) is 12.6. The standard InChI is InChI=1S/C48H32N4S/c1-3-11-34(12-4-1)45-50-46(35-13-5-2-6-14-35)52-47(51-45)39-19-8-17-37(30-39)32-24-22-31(23-25-32)36-16-7-18-38(29-36)40-27-26-33-15-9-21-42-43(33)44(40)41-20-10-28-49-48(41)53-42/h1-5,7-13,15-30H,6,14H2. The molecule has 0 saturated carbocycles. The van der Waals surface area contributed by atoms with Gasteiger partial charge in [0, 0.05) is 38.7 Å². The van der Waals surface area contributed by atoms with Crippen LogP contribution in [0.2, 0.25) is 0 Å². The first-order valence-corrected chi connectivity index (χ1v) is 18.8. The van der Waals surface area contributed by atoms with Gasteiger partial charge in [0.2, 0.25) is 0 Å². The average molecular weight is 697 g/mol. The lowest BCUT2D eigenvalue weighted by Crippen LogP contribution is -2.03. The predicted octanol–water partition coefficient (Wildman–Crippen LogP) is 12.6. The summed E-state index contributed by atoms with van der Waals surface area (Å²) >= 11 is 1.76. The van der Waals surface area contributed by atoms with Crippen LogP contribution in [0.25, 0.3) is 83.6 Å². The normalized spacial score (nSPS) is 13.1. The molecule has 0 amide bonds. The SMILES string of the molecule is C1=CCCC(c2nc(-c3ccccc3)nc(-c3cccc(-c4ccc(-c5cccc(-c6ccc7cccc8c7c6-c6cccnc6S8)c5)cc4)c3)n2)=C1. The highest BCUT2D eigenvalue weighted by atomic mass is 32.2. The molecule has 0 unspecified atom stereocenters. The summed E-state index contributed by atoms with van der Waals surface area (Å²) in [7, 11) is 0. The lowest BCUT2D eigenvalue weighted by Gasteiger charge is -2.22. The van der Waals surface area contributed by atoms with Crippen LogP contribution in [0.15, 0.2) is 180 Å². The fraction of sp³-hybridized carbons (Fsp3) is 0.0417. The van der Waals surface area contributed by atoms with Gasteiger partial charge in [0.15, 0.2) is 17.5 Å². The van der Waals surface area contributed by atoms with Gasteiger partial charge in [0.05, 0.1) is 0 Å². The van der Waals surface area contributed by atoms with E-state index in [0.29, 0.717) is 11.6 Å². The van der Waals surface area contributed by atoms with Crippen molar-refractivity contribution >= 4 is 28.1 Å². The predicted molar refractivity (Wildman–Crippen MR) is 218 cm³/mol. The molecule has 0 radical (unpaired) electrons. The zero-order valence-corrected chi connectivity index (χ0v) is 29.6. The lowest BCUT2D eigenvalue weighted by atomic mass is 9.89. The highest BCUT2D eigenvalue weighted by molar-refractivity contribution is 7.99. The summed E-state index contributed by atoms with van der Waals surface area (Å²) < 4.78 is 0. The Morgan fingerprint density at radius 3 is 1.94 bits per heavy atom. The van der Waals surface area contributed by atoms with E-state index in [1.165, 1.54) is 49.0 Å². The molecular formula is C48H32N4S. The van der Waals surface area contributed by atoms with Crippen LogP contribution in [-0.2, 0) is 0 Å². The molecule has 1 aliphatic carbocycles. The zero-order chi connectivity index (χ0) is 35.1. The maximum atomic E-state index is 5.00. The maximum absolute atomic E-state index is 5.00. The van der Waals surface area contributed by atoms with Gasteiger partial charge in [-0.3, -0.25) is 0 Å². The van der Waals surface area contributed by atoms with Gasteiger partial charge in [-0.15, -0.1) is 0 Å². The molecule has 6 aromatic carbocycles. The minimum absolute atomic E-state index is 0.677. The first-order valence-electron chi connectivity index (χ1n) is 17.9. The smallest absolute Gasteiger partial charge is 0.164 e. The zero-order valence-electron chi connectivity index (χ0n) is 28.8. The number of benzene rings is 6. The van der Waals surface area contributed by atoms with Crippen molar-refractivity contribution in [2.75, 3.05) is 0 Å². The number of allylic oxidation sites excluding steroid dienone is 4. The molecule has 8 aromatic rings. The van der Waals surface area contributed by atoms with Crippen molar-refractivity contribution in [3.63, 3.8) is 0 Å². The van der Waals surface area contributed by atoms with Gasteiger partial charge < -0.3 is 0 Å². The molecule has 2 aliphatic rings. The Bertz CT molecular complexity index is 2750. The van der Waals surface area contributed by atoms with E-state index in [0.717, 1.165) is 51.5 Å². The molecule has 0 atom stereocenters. The summed E-state index contributed by atoms with van der Waals surface area (Å²) in [4.78, 5) is 20.9. The second-order valence-corrected chi connectivity index (χ2v) is 14.4. The van der Waals surface area contributed by atoms with Gasteiger partial charge in [0.1, 0.15) is 5.03 Å². The number of aromatic nitrogens is 4. The van der Waals surface area contributed by atoms with Crippen molar-refractivity contribution in [2.24, 2.45) is 0 Å². The molecular weight excluding hydrogens is 665 g/mol. The van der Waals surface area contributed by atoms with Gasteiger partial charge in [-0.1, -0.05) is 151 Å². The van der Waals surface area contributed by atoms with E-state index in [-0.39, 0.29) is 0 Å². The van der Waals surface area contributed by atoms with Gasteiger partial charge in [-0.2, -0.15) is 0 Å². The molecule has 0 bridgehead atoms. The van der Waals surface area contributed by atoms with Gasteiger partial charge in [0.25, 0.3) is 0 Å². The molecule has 0 spiro atoms. The van der Waals surface area contributed by atoms with Gasteiger partial charge >= 0.3 is 0 Å². The summed E-state index contributed by atoms with van der Waals surface area (Å²) in [6, 6.07) is 51.7. The Balaban J connectivity index is 0.992. The Labute approximate surface area is 312 Å². The van der Waals surface area contributed by atoms with Crippen LogP contribution in [0.3, 0.4) is 0 Å². The number of hydrogen-bond acceptors (Lipinski definition) is 5. The highest BCUT2D eigenvalue weighted by Gasteiger charge is 2.23. The molecule has 5 heteroatoms. The highest BCUT2D eigenvalue weighted by Crippen LogP contribution is 2.50. The lowest BCUT2D eigenvalue weighted by molar-refractivity contribution is 0.978. The molecule has 250 valence electrons. The Morgan fingerprint density at radius 1 is 0.491 bits per heavy atom. The van der Waals surface area contributed by atoms with Gasteiger partial charge in [-0.05, 0) is 81.4 Å². The van der Waals surface area contributed by atoms with Crippen LogP contribution in [-0.4, -0.2) is 19.9 Å². The molecule has 0 saturated heterocycles. The number of rotatable bonds is 6. The third-order valence-corrected chi connectivity index (χ3v) is 11.1. The fourth-order valence-corrected chi connectivity index (χ4v) is 8.50. The second-order valence-electron chi connectivity index (χ2n) is 13.4. The summed E-state index contributed by atoms with van der Waals surface area (Å²) in [6.07, 6.45) is 10.2. The van der Waals surface area contributed by atoms with Crippen LogP contribution in [0, 0.1) is 0 Å². The van der Waals surface area contributed by atoms with E-state index < -0.39 is 0 Å². The number of nitrogens with zero attached hydrogens (tertiary/aromatic N) is 4. The van der Waals surface area contributed by atoms with Crippen LogP contribution >= 0.6 is 11.8 Å². The van der Waals surface area contributed by atoms with E-state index in [9.17, 15) is 0 Å². The van der Waals surface area contributed by atoms with Crippen molar-refractivity contribution in [3.05, 3.63) is 176 Å². The number of fused-ring (bicyclic) bond motifs is 2. The van der Waals surface area contributed by atoms with Crippen molar-refractivity contribution in [2.45, 2.75) is 22.8 Å². The van der Waals surface area contributed by atoms with Crippen LogP contribution in [0.1, 0.15) is 18.7 Å². The summed E-state index contributed by atoms with van der Waals surface area (Å²) in [5, 5.41) is 3.62. The second kappa shape index (κ2) is 13.3. The molecule has 0 N–H and O–H groups in total. The summed E-state index contributed by atoms with van der Waals surface area (Å²) in [6.45, 7) is 0. The van der Waals surface area contributed by atoms with E-state index >= 15 is 0 Å². The topological polar surface area (TPSA) is 51.6 Å². The molecule has 1 aliphatic heterocycles. The van der Waals surface area contributed by atoms with Crippen LogP contribution < -0.4 is 0 Å².